The molecule has 0 atom stereocenters. The van der Waals surface area contributed by atoms with E-state index < -0.39 is 0 Å². The number of hydrogen-bond donors (Lipinski definition) is 0. The molecule has 0 aliphatic carbocycles. The smallest absolute Gasteiger partial charge is 0.338 e. The van der Waals surface area contributed by atoms with E-state index in [0.29, 0.717) is 12.2 Å². The van der Waals surface area contributed by atoms with Crippen LogP contribution in [0.4, 0.5) is 5.69 Å². The van der Waals surface area contributed by atoms with Crippen LogP contribution in [-0.2, 0) is 4.74 Å². The third kappa shape index (κ3) is 3.49. The summed E-state index contributed by atoms with van der Waals surface area (Å²) in [4.78, 5) is 13.9. The van der Waals surface area contributed by atoms with E-state index in [1.165, 1.54) is 0 Å². The molecule has 0 aromatic heterocycles. The lowest BCUT2D eigenvalue weighted by Crippen LogP contribution is -2.41. The second-order valence-electron chi connectivity index (χ2n) is 5.18. The van der Waals surface area contributed by atoms with Gasteiger partial charge in [-0.25, -0.2) is 4.79 Å². The molecule has 0 saturated heterocycles. The summed E-state index contributed by atoms with van der Waals surface area (Å²) in [6.07, 6.45) is 0. The number of anilines is 1. The Labute approximate surface area is 110 Å². The van der Waals surface area contributed by atoms with Gasteiger partial charge in [-0.3, -0.25) is 0 Å². The van der Waals surface area contributed by atoms with Crippen LogP contribution in [0.3, 0.4) is 0 Å². The number of benzene rings is 1. The standard InChI is InChI=1S/C15H23NO2/c1-6-16(15(3,4)5)13-10-8-12(9-11-13)14(17)18-7-2/h8-11H,6-7H2,1-5H3. The van der Waals surface area contributed by atoms with Gasteiger partial charge < -0.3 is 9.64 Å². The minimum absolute atomic E-state index is 0.0696. The molecule has 1 rings (SSSR count). The van der Waals surface area contributed by atoms with Crippen LogP contribution in [0, 0.1) is 0 Å². The molecule has 3 nitrogen and oxygen atoms in total. The van der Waals surface area contributed by atoms with Gasteiger partial charge in [0.1, 0.15) is 0 Å². The van der Waals surface area contributed by atoms with Gasteiger partial charge in [0.15, 0.2) is 0 Å². The summed E-state index contributed by atoms with van der Waals surface area (Å²) in [6.45, 7) is 11.8. The Morgan fingerprint density at radius 1 is 1.17 bits per heavy atom. The summed E-state index contributed by atoms with van der Waals surface area (Å²) in [7, 11) is 0. The maximum atomic E-state index is 11.6. The number of ether oxygens (including phenoxy) is 1. The van der Waals surface area contributed by atoms with E-state index in [1.54, 1.807) is 0 Å². The van der Waals surface area contributed by atoms with Crippen LogP contribution < -0.4 is 4.90 Å². The molecule has 1 aromatic carbocycles. The Kier molecular flexibility index (Phi) is 4.76. The number of rotatable bonds is 4. The Morgan fingerprint density at radius 2 is 1.72 bits per heavy atom. The zero-order valence-corrected chi connectivity index (χ0v) is 12.0. The van der Waals surface area contributed by atoms with Gasteiger partial charge in [0, 0.05) is 17.8 Å². The third-order valence-electron chi connectivity index (χ3n) is 2.82. The molecular weight excluding hydrogens is 226 g/mol. The third-order valence-corrected chi connectivity index (χ3v) is 2.82. The van der Waals surface area contributed by atoms with E-state index in [-0.39, 0.29) is 11.5 Å². The minimum Gasteiger partial charge on any atom is -0.462 e. The largest absolute Gasteiger partial charge is 0.462 e. The monoisotopic (exact) mass is 249 g/mol. The topological polar surface area (TPSA) is 29.5 Å². The number of carbonyl (C=O) groups is 1. The molecular formula is C15H23NO2. The maximum absolute atomic E-state index is 11.6. The molecule has 0 aliphatic rings. The summed E-state index contributed by atoms with van der Waals surface area (Å²) in [6, 6.07) is 7.59. The lowest BCUT2D eigenvalue weighted by molar-refractivity contribution is 0.0526. The molecule has 0 spiro atoms. The van der Waals surface area contributed by atoms with E-state index in [4.69, 9.17) is 4.74 Å². The van der Waals surface area contributed by atoms with Gasteiger partial charge in [-0.15, -0.1) is 0 Å². The van der Waals surface area contributed by atoms with Crippen molar-refractivity contribution in [2.24, 2.45) is 0 Å². The molecule has 3 heteroatoms. The fraction of sp³-hybridized carbons (Fsp3) is 0.533. The van der Waals surface area contributed by atoms with Crippen molar-refractivity contribution in [2.75, 3.05) is 18.1 Å². The van der Waals surface area contributed by atoms with Crippen molar-refractivity contribution in [3.05, 3.63) is 29.8 Å². The Bertz CT molecular complexity index is 390. The van der Waals surface area contributed by atoms with Crippen LogP contribution in [0.25, 0.3) is 0 Å². The van der Waals surface area contributed by atoms with E-state index in [2.05, 4.69) is 32.6 Å². The molecule has 1 aromatic rings. The molecule has 0 saturated carbocycles. The van der Waals surface area contributed by atoms with Crippen LogP contribution >= 0.6 is 0 Å². The molecule has 0 unspecified atom stereocenters. The van der Waals surface area contributed by atoms with Crippen molar-refractivity contribution < 1.29 is 9.53 Å². The van der Waals surface area contributed by atoms with Crippen LogP contribution in [0.1, 0.15) is 45.0 Å². The van der Waals surface area contributed by atoms with Crippen LogP contribution in [0.2, 0.25) is 0 Å². The number of hydrogen-bond acceptors (Lipinski definition) is 3. The van der Waals surface area contributed by atoms with Crippen molar-refractivity contribution in [2.45, 2.75) is 40.2 Å². The van der Waals surface area contributed by atoms with Crippen LogP contribution in [-0.4, -0.2) is 24.7 Å². The number of carbonyl (C=O) groups excluding carboxylic acids is 1. The van der Waals surface area contributed by atoms with Gasteiger partial charge in [-0.05, 0) is 58.9 Å². The van der Waals surface area contributed by atoms with Crippen molar-refractivity contribution in [1.29, 1.82) is 0 Å². The van der Waals surface area contributed by atoms with E-state index in [1.807, 2.05) is 31.2 Å². The molecule has 0 radical (unpaired) electrons. The van der Waals surface area contributed by atoms with Gasteiger partial charge in [0.2, 0.25) is 0 Å². The lowest BCUT2D eigenvalue weighted by Gasteiger charge is -2.37. The highest BCUT2D eigenvalue weighted by Gasteiger charge is 2.20. The zero-order valence-electron chi connectivity index (χ0n) is 12.0. The zero-order chi connectivity index (χ0) is 13.8. The number of nitrogens with zero attached hydrogens (tertiary/aromatic N) is 1. The second-order valence-corrected chi connectivity index (χ2v) is 5.18. The molecule has 0 aliphatic heterocycles. The van der Waals surface area contributed by atoms with Crippen molar-refractivity contribution in [1.82, 2.24) is 0 Å². The van der Waals surface area contributed by atoms with Crippen LogP contribution in [0.5, 0.6) is 0 Å². The van der Waals surface area contributed by atoms with E-state index in [0.717, 1.165) is 12.2 Å². The van der Waals surface area contributed by atoms with Crippen molar-refractivity contribution >= 4 is 11.7 Å². The highest BCUT2D eigenvalue weighted by atomic mass is 16.5. The number of esters is 1. The fourth-order valence-corrected chi connectivity index (χ4v) is 2.04. The Hall–Kier alpha value is -1.51. The predicted octanol–water partition coefficient (Wildman–Crippen LogP) is 3.49. The molecule has 0 N–H and O–H groups in total. The first-order chi connectivity index (χ1) is 8.40. The first-order valence-corrected chi connectivity index (χ1v) is 6.45. The summed E-state index contributed by atoms with van der Waals surface area (Å²) in [5.41, 5.74) is 1.80. The van der Waals surface area contributed by atoms with Gasteiger partial charge >= 0.3 is 5.97 Å². The molecule has 0 bridgehead atoms. The van der Waals surface area contributed by atoms with Crippen LogP contribution in [0.15, 0.2) is 24.3 Å². The highest BCUT2D eigenvalue weighted by Crippen LogP contribution is 2.23. The van der Waals surface area contributed by atoms with Crippen molar-refractivity contribution in [3.63, 3.8) is 0 Å². The quantitative estimate of drug-likeness (QED) is 0.765. The minimum atomic E-state index is -0.261. The van der Waals surface area contributed by atoms with Gasteiger partial charge in [-0.1, -0.05) is 0 Å². The lowest BCUT2D eigenvalue weighted by atomic mass is 10.0. The average molecular weight is 249 g/mol. The van der Waals surface area contributed by atoms with E-state index in [9.17, 15) is 4.79 Å². The van der Waals surface area contributed by atoms with Crippen molar-refractivity contribution in [3.8, 4) is 0 Å². The first kappa shape index (κ1) is 14.6. The summed E-state index contributed by atoms with van der Waals surface area (Å²) in [5.74, 6) is -0.261. The normalized spacial score (nSPS) is 11.2. The summed E-state index contributed by atoms with van der Waals surface area (Å²) < 4.78 is 4.97. The average Bonchev–Trinajstić information content (AvgIpc) is 2.29. The second kappa shape index (κ2) is 5.89. The van der Waals surface area contributed by atoms with Gasteiger partial charge in [-0.2, -0.15) is 0 Å². The molecule has 100 valence electrons. The fourth-order valence-electron chi connectivity index (χ4n) is 2.04. The van der Waals surface area contributed by atoms with E-state index >= 15 is 0 Å². The van der Waals surface area contributed by atoms with Gasteiger partial charge in [0.05, 0.1) is 12.2 Å². The molecule has 18 heavy (non-hydrogen) atoms. The summed E-state index contributed by atoms with van der Waals surface area (Å²) in [5, 5.41) is 0. The molecule has 0 fully saturated rings. The SMILES string of the molecule is CCOC(=O)c1ccc(N(CC)C(C)(C)C)cc1. The molecule has 0 heterocycles. The highest BCUT2D eigenvalue weighted by molar-refractivity contribution is 5.89. The Balaban J connectivity index is 2.91. The first-order valence-electron chi connectivity index (χ1n) is 6.45. The summed E-state index contributed by atoms with van der Waals surface area (Å²) >= 11 is 0. The maximum Gasteiger partial charge on any atom is 0.338 e. The predicted molar refractivity (Wildman–Crippen MR) is 75.2 cm³/mol. The Morgan fingerprint density at radius 3 is 2.11 bits per heavy atom. The molecule has 0 amide bonds. The van der Waals surface area contributed by atoms with Gasteiger partial charge in [0.25, 0.3) is 0 Å².